The van der Waals surface area contributed by atoms with Gasteiger partial charge in [-0.25, -0.2) is 9.37 Å². The molecule has 8 nitrogen and oxygen atoms in total. The van der Waals surface area contributed by atoms with E-state index in [9.17, 15) is 14.5 Å². The fraction of sp³-hybridized carbons (Fsp3) is 0.474. The number of hydrogen-bond donors (Lipinski definition) is 3. The van der Waals surface area contributed by atoms with Gasteiger partial charge in [-0.2, -0.15) is 4.98 Å². The van der Waals surface area contributed by atoms with Gasteiger partial charge in [-0.05, 0) is 62.6 Å². The zero-order chi connectivity index (χ0) is 21.0. The van der Waals surface area contributed by atoms with E-state index in [1.54, 1.807) is 12.1 Å². The Kier molecular flexibility index (Phi) is 6.81. The minimum atomic E-state index is -0.543. The summed E-state index contributed by atoms with van der Waals surface area (Å²) in [6.07, 6.45) is 4.36. The van der Waals surface area contributed by atoms with Crippen molar-refractivity contribution in [2.45, 2.75) is 38.6 Å². The number of hydrogen-bond acceptors (Lipinski definition) is 7. The lowest BCUT2D eigenvalue weighted by Crippen LogP contribution is -2.23. The summed E-state index contributed by atoms with van der Waals surface area (Å²) in [7, 11) is 0. The average Bonchev–Trinajstić information content (AvgIpc) is 2.67. The van der Waals surface area contributed by atoms with Crippen molar-refractivity contribution in [1.29, 1.82) is 0 Å². The van der Waals surface area contributed by atoms with Gasteiger partial charge in [0.15, 0.2) is 0 Å². The van der Waals surface area contributed by atoms with E-state index in [1.807, 2.05) is 0 Å². The molecule has 0 saturated heterocycles. The van der Waals surface area contributed by atoms with Crippen LogP contribution in [0.4, 0.5) is 21.8 Å². The molecule has 1 aliphatic rings. The highest BCUT2D eigenvalue weighted by atomic mass is 35.5. The van der Waals surface area contributed by atoms with Crippen LogP contribution in [0.1, 0.15) is 36.9 Å². The van der Waals surface area contributed by atoms with E-state index in [0.29, 0.717) is 35.2 Å². The zero-order valence-corrected chi connectivity index (χ0v) is 16.7. The summed E-state index contributed by atoms with van der Waals surface area (Å²) in [5.74, 6) is 0.273. The Morgan fingerprint density at radius 1 is 1.24 bits per heavy atom. The molecule has 156 valence electrons. The van der Waals surface area contributed by atoms with Crippen LogP contribution < -0.4 is 16.8 Å². The normalized spacial score (nSPS) is 19.1. The molecular formula is C19H24ClFN6O2. The highest BCUT2D eigenvalue weighted by Crippen LogP contribution is 2.34. The second-order valence-electron chi connectivity index (χ2n) is 7.40. The lowest BCUT2D eigenvalue weighted by molar-refractivity contribution is -0.385. The van der Waals surface area contributed by atoms with Gasteiger partial charge in [-0.15, -0.1) is 0 Å². The third kappa shape index (κ3) is 5.30. The predicted octanol–water partition coefficient (Wildman–Crippen LogP) is 3.68. The number of benzene rings is 1. The SMILES string of the molecule is NCC1CCC(Cc2nc(NCc3ccc(Cl)cc3F)nc(N)c2[N+](=O)[O-])CC1. The molecule has 1 aliphatic carbocycles. The van der Waals surface area contributed by atoms with Crippen LogP contribution in [0.3, 0.4) is 0 Å². The van der Waals surface area contributed by atoms with Crippen molar-refractivity contribution in [3.63, 3.8) is 0 Å². The van der Waals surface area contributed by atoms with Gasteiger partial charge in [0.25, 0.3) is 0 Å². The Morgan fingerprint density at radius 3 is 2.55 bits per heavy atom. The number of rotatable bonds is 7. The molecule has 2 aromatic rings. The van der Waals surface area contributed by atoms with E-state index >= 15 is 0 Å². The number of halogens is 2. The highest BCUT2D eigenvalue weighted by Gasteiger charge is 2.27. The van der Waals surface area contributed by atoms with Crippen LogP contribution in [0.15, 0.2) is 18.2 Å². The maximum Gasteiger partial charge on any atom is 0.332 e. The fourth-order valence-electron chi connectivity index (χ4n) is 3.73. The Labute approximate surface area is 173 Å². The molecule has 0 bridgehead atoms. The first kappa shape index (κ1) is 21.2. The van der Waals surface area contributed by atoms with Crippen molar-refractivity contribution in [3.8, 4) is 0 Å². The van der Waals surface area contributed by atoms with E-state index in [-0.39, 0.29) is 29.9 Å². The molecule has 1 saturated carbocycles. The molecule has 1 aromatic carbocycles. The maximum atomic E-state index is 14.0. The lowest BCUT2D eigenvalue weighted by Gasteiger charge is -2.27. The summed E-state index contributed by atoms with van der Waals surface area (Å²) < 4.78 is 14.0. The summed E-state index contributed by atoms with van der Waals surface area (Å²) in [6, 6.07) is 4.35. The van der Waals surface area contributed by atoms with Crippen LogP contribution in [0.2, 0.25) is 5.02 Å². The number of nitrogens with one attached hydrogen (secondary N) is 1. The van der Waals surface area contributed by atoms with Crippen molar-refractivity contribution in [1.82, 2.24) is 9.97 Å². The zero-order valence-electron chi connectivity index (χ0n) is 15.9. The number of nitrogens with zero attached hydrogens (tertiary/aromatic N) is 3. The molecule has 0 unspecified atom stereocenters. The summed E-state index contributed by atoms with van der Waals surface area (Å²) >= 11 is 5.76. The van der Waals surface area contributed by atoms with Crippen LogP contribution in [0.25, 0.3) is 0 Å². The highest BCUT2D eigenvalue weighted by molar-refractivity contribution is 6.30. The van der Waals surface area contributed by atoms with Crippen LogP contribution in [-0.2, 0) is 13.0 Å². The summed E-state index contributed by atoms with van der Waals surface area (Å²) in [5, 5.41) is 14.7. The fourth-order valence-corrected chi connectivity index (χ4v) is 3.88. The van der Waals surface area contributed by atoms with Gasteiger partial charge in [0, 0.05) is 17.1 Å². The first-order chi connectivity index (χ1) is 13.9. The Morgan fingerprint density at radius 2 is 1.93 bits per heavy atom. The van der Waals surface area contributed by atoms with E-state index in [1.165, 1.54) is 6.07 Å². The number of nitrogens with two attached hydrogens (primary N) is 2. The van der Waals surface area contributed by atoms with Gasteiger partial charge in [-0.3, -0.25) is 10.1 Å². The van der Waals surface area contributed by atoms with Crippen molar-refractivity contribution in [3.05, 3.63) is 50.4 Å². The van der Waals surface area contributed by atoms with Crippen molar-refractivity contribution in [2.75, 3.05) is 17.6 Å². The number of nitro groups is 1. The molecule has 1 heterocycles. The Hall–Kier alpha value is -2.52. The molecule has 3 rings (SSSR count). The average molecular weight is 423 g/mol. The van der Waals surface area contributed by atoms with Crippen LogP contribution in [0.5, 0.6) is 0 Å². The first-order valence-electron chi connectivity index (χ1n) is 9.56. The van der Waals surface area contributed by atoms with Gasteiger partial charge in [0.2, 0.25) is 11.8 Å². The van der Waals surface area contributed by atoms with E-state index in [4.69, 9.17) is 23.1 Å². The predicted molar refractivity (Wildman–Crippen MR) is 110 cm³/mol. The van der Waals surface area contributed by atoms with Crippen molar-refractivity contribution in [2.24, 2.45) is 17.6 Å². The van der Waals surface area contributed by atoms with Gasteiger partial charge >= 0.3 is 5.69 Å². The Balaban J connectivity index is 1.77. The lowest BCUT2D eigenvalue weighted by atomic mass is 9.80. The van der Waals surface area contributed by atoms with Gasteiger partial charge in [0.1, 0.15) is 11.5 Å². The van der Waals surface area contributed by atoms with Crippen LogP contribution in [0, 0.1) is 27.8 Å². The molecule has 0 radical (unpaired) electrons. The molecular weight excluding hydrogens is 399 g/mol. The third-order valence-electron chi connectivity index (χ3n) is 5.40. The molecule has 0 amide bonds. The molecule has 1 aromatic heterocycles. The standard InChI is InChI=1S/C19H24ClFN6O2/c20-14-6-5-13(15(21)8-14)10-24-19-25-16(17(27(28)29)18(23)26-19)7-11-1-3-12(9-22)4-2-11/h5-6,8,11-12H,1-4,7,9-10,22H2,(H3,23,24,25,26). The van der Waals surface area contributed by atoms with E-state index < -0.39 is 10.7 Å². The van der Waals surface area contributed by atoms with E-state index in [2.05, 4.69) is 15.3 Å². The van der Waals surface area contributed by atoms with Crippen molar-refractivity contribution < 1.29 is 9.31 Å². The number of anilines is 2. The molecule has 0 atom stereocenters. The number of aromatic nitrogens is 2. The Bertz CT molecular complexity index is 889. The van der Waals surface area contributed by atoms with Crippen molar-refractivity contribution >= 4 is 29.1 Å². The van der Waals surface area contributed by atoms with Gasteiger partial charge in [0.05, 0.1) is 4.92 Å². The second kappa shape index (κ2) is 9.32. The first-order valence-corrected chi connectivity index (χ1v) is 9.93. The molecule has 1 fully saturated rings. The smallest absolute Gasteiger partial charge is 0.332 e. The monoisotopic (exact) mass is 422 g/mol. The molecule has 29 heavy (non-hydrogen) atoms. The molecule has 0 spiro atoms. The molecule has 10 heteroatoms. The minimum absolute atomic E-state index is 0.0985. The summed E-state index contributed by atoms with van der Waals surface area (Å²) in [6.45, 7) is 0.768. The third-order valence-corrected chi connectivity index (χ3v) is 5.63. The second-order valence-corrected chi connectivity index (χ2v) is 7.84. The van der Waals surface area contributed by atoms with Crippen LogP contribution >= 0.6 is 11.6 Å². The summed E-state index contributed by atoms with van der Waals surface area (Å²) in [4.78, 5) is 19.3. The maximum absolute atomic E-state index is 14.0. The van der Waals surface area contributed by atoms with Gasteiger partial charge < -0.3 is 16.8 Å². The molecule has 0 aliphatic heterocycles. The van der Waals surface area contributed by atoms with Gasteiger partial charge in [-0.1, -0.05) is 17.7 Å². The molecule has 5 N–H and O–H groups in total. The topological polar surface area (TPSA) is 133 Å². The summed E-state index contributed by atoms with van der Waals surface area (Å²) in [5.41, 5.74) is 12.0. The number of nitrogen functional groups attached to an aromatic ring is 1. The van der Waals surface area contributed by atoms with E-state index in [0.717, 1.165) is 25.7 Å². The quantitative estimate of drug-likeness (QED) is 0.457. The largest absolute Gasteiger partial charge is 0.378 e. The van der Waals surface area contributed by atoms with Crippen LogP contribution in [-0.4, -0.2) is 21.4 Å². The minimum Gasteiger partial charge on any atom is -0.378 e.